The number of aliphatic carboxylic acids is 1. The van der Waals surface area contributed by atoms with Crippen LogP contribution < -0.4 is 0 Å². The second-order valence-corrected chi connectivity index (χ2v) is 5.77. The Morgan fingerprint density at radius 1 is 1.58 bits per heavy atom. The lowest BCUT2D eigenvalue weighted by molar-refractivity contribution is -0.144. The number of carboxylic acids is 1. The smallest absolute Gasteiger partial charge is 0.321 e. The number of fused-ring (bicyclic) bond motifs is 1. The van der Waals surface area contributed by atoms with Crippen LogP contribution in [0.15, 0.2) is 22.8 Å². The Hall–Kier alpha value is -1.29. The molecule has 2 fully saturated rings. The van der Waals surface area contributed by atoms with Gasteiger partial charge in [-0.15, -0.1) is 0 Å². The molecule has 0 amide bonds. The van der Waals surface area contributed by atoms with Gasteiger partial charge < -0.3 is 9.52 Å². The Balaban J connectivity index is 1.88. The van der Waals surface area contributed by atoms with Gasteiger partial charge in [-0.2, -0.15) is 0 Å². The van der Waals surface area contributed by atoms with Crippen molar-refractivity contribution in [1.82, 2.24) is 4.90 Å². The van der Waals surface area contributed by atoms with E-state index in [0.29, 0.717) is 11.8 Å². The first-order valence-corrected chi connectivity index (χ1v) is 7.24. The van der Waals surface area contributed by atoms with E-state index in [0.717, 1.165) is 25.1 Å². The zero-order valence-electron chi connectivity index (χ0n) is 11.3. The first-order valence-electron chi connectivity index (χ1n) is 7.24. The van der Waals surface area contributed by atoms with Crippen molar-refractivity contribution in [3.05, 3.63) is 24.2 Å². The molecule has 1 N–H and O–H groups in total. The number of hydrogen-bond acceptors (Lipinski definition) is 3. The van der Waals surface area contributed by atoms with Crippen LogP contribution >= 0.6 is 0 Å². The number of likely N-dealkylation sites (tertiary alicyclic amines) is 1. The molecule has 4 atom stereocenters. The molecule has 4 nitrogen and oxygen atoms in total. The summed E-state index contributed by atoms with van der Waals surface area (Å²) in [5.74, 6) is 1.12. The van der Waals surface area contributed by atoms with Gasteiger partial charge in [0.2, 0.25) is 0 Å². The summed E-state index contributed by atoms with van der Waals surface area (Å²) < 4.78 is 5.51. The van der Waals surface area contributed by atoms with Crippen molar-refractivity contribution in [3.8, 4) is 0 Å². The highest BCUT2D eigenvalue weighted by molar-refractivity contribution is 5.74. The minimum atomic E-state index is -0.667. The summed E-state index contributed by atoms with van der Waals surface area (Å²) >= 11 is 0. The molecule has 2 aliphatic rings. The van der Waals surface area contributed by atoms with Gasteiger partial charge in [0.15, 0.2) is 0 Å². The first-order chi connectivity index (χ1) is 9.22. The molecule has 1 aromatic rings. The fourth-order valence-corrected chi connectivity index (χ4v) is 4.06. The third-order valence-corrected chi connectivity index (χ3v) is 4.84. The highest BCUT2D eigenvalue weighted by atomic mass is 16.4. The van der Waals surface area contributed by atoms with Crippen LogP contribution in [-0.4, -0.2) is 28.6 Å². The van der Waals surface area contributed by atoms with E-state index < -0.39 is 5.97 Å². The van der Waals surface area contributed by atoms with Gasteiger partial charge in [0.05, 0.1) is 12.3 Å². The maximum absolute atomic E-state index is 11.7. The predicted octanol–water partition coefficient (Wildman–Crippen LogP) is 2.92. The maximum Gasteiger partial charge on any atom is 0.321 e. The van der Waals surface area contributed by atoms with Crippen molar-refractivity contribution in [2.75, 3.05) is 6.54 Å². The maximum atomic E-state index is 11.7. The van der Waals surface area contributed by atoms with Crippen molar-refractivity contribution in [2.24, 2.45) is 11.8 Å². The number of furan rings is 1. The van der Waals surface area contributed by atoms with Crippen molar-refractivity contribution < 1.29 is 14.3 Å². The molecule has 1 aliphatic carbocycles. The van der Waals surface area contributed by atoms with Gasteiger partial charge in [-0.1, -0.05) is 13.3 Å². The molecule has 3 rings (SSSR count). The van der Waals surface area contributed by atoms with Crippen LogP contribution in [0.1, 0.15) is 44.4 Å². The highest BCUT2D eigenvalue weighted by Gasteiger charge is 2.50. The normalized spacial score (nSPS) is 32.4. The monoisotopic (exact) mass is 263 g/mol. The van der Waals surface area contributed by atoms with Crippen LogP contribution in [0.4, 0.5) is 0 Å². The third kappa shape index (κ3) is 2.08. The number of hydrogen-bond donors (Lipinski definition) is 1. The largest absolute Gasteiger partial charge is 0.480 e. The lowest BCUT2D eigenvalue weighted by atomic mass is 9.94. The van der Waals surface area contributed by atoms with E-state index in [9.17, 15) is 9.90 Å². The van der Waals surface area contributed by atoms with Crippen LogP contribution in [0.5, 0.6) is 0 Å². The van der Waals surface area contributed by atoms with E-state index in [1.807, 2.05) is 12.1 Å². The van der Waals surface area contributed by atoms with Crippen LogP contribution in [-0.2, 0) is 4.79 Å². The molecule has 2 heterocycles. The van der Waals surface area contributed by atoms with E-state index in [2.05, 4.69) is 11.8 Å². The van der Waals surface area contributed by atoms with Crippen LogP contribution in [0, 0.1) is 11.8 Å². The Labute approximate surface area is 113 Å². The van der Waals surface area contributed by atoms with E-state index in [1.165, 1.54) is 12.8 Å². The minimum Gasteiger partial charge on any atom is -0.480 e. The number of carboxylic acid groups (broad SMARTS) is 1. The second kappa shape index (κ2) is 5.00. The number of carbonyl (C=O) groups is 1. The van der Waals surface area contributed by atoms with E-state index in [1.54, 1.807) is 6.26 Å². The number of nitrogens with zero attached hydrogens (tertiary/aromatic N) is 1. The lowest BCUT2D eigenvalue weighted by Crippen LogP contribution is -2.41. The molecular formula is C15H21NO3. The van der Waals surface area contributed by atoms with Crippen molar-refractivity contribution in [2.45, 2.75) is 44.7 Å². The molecule has 0 spiro atoms. The molecule has 0 radical (unpaired) electrons. The summed E-state index contributed by atoms with van der Waals surface area (Å²) in [6, 6.07) is 3.61. The molecule has 0 aromatic carbocycles. The van der Waals surface area contributed by atoms with Gasteiger partial charge in [0, 0.05) is 6.54 Å². The Bertz CT molecular complexity index is 442. The molecule has 104 valence electrons. The molecule has 19 heavy (non-hydrogen) atoms. The Kier molecular flexibility index (Phi) is 3.35. The van der Waals surface area contributed by atoms with Gasteiger partial charge in [-0.25, -0.2) is 0 Å². The summed E-state index contributed by atoms with van der Waals surface area (Å²) in [6.45, 7) is 3.00. The molecule has 1 saturated heterocycles. The van der Waals surface area contributed by atoms with Crippen LogP contribution in [0.2, 0.25) is 0 Å². The molecular weight excluding hydrogens is 242 g/mol. The van der Waals surface area contributed by atoms with Crippen LogP contribution in [0.25, 0.3) is 0 Å². The van der Waals surface area contributed by atoms with Gasteiger partial charge >= 0.3 is 5.97 Å². The van der Waals surface area contributed by atoms with Gasteiger partial charge in [0.1, 0.15) is 11.8 Å². The van der Waals surface area contributed by atoms with E-state index in [-0.39, 0.29) is 12.1 Å². The SMILES string of the molecule is CCC(c1ccco1)N1CC2CCCC2C1C(=O)O. The van der Waals surface area contributed by atoms with Gasteiger partial charge in [0.25, 0.3) is 0 Å². The fraction of sp³-hybridized carbons (Fsp3) is 0.667. The number of rotatable bonds is 4. The molecule has 1 aliphatic heterocycles. The van der Waals surface area contributed by atoms with Crippen molar-refractivity contribution in [3.63, 3.8) is 0 Å². The summed E-state index contributed by atoms with van der Waals surface area (Å²) in [5, 5.41) is 9.60. The summed E-state index contributed by atoms with van der Waals surface area (Å²) in [4.78, 5) is 13.8. The molecule has 1 saturated carbocycles. The predicted molar refractivity (Wildman–Crippen MR) is 70.7 cm³/mol. The lowest BCUT2D eigenvalue weighted by Gasteiger charge is -2.30. The summed E-state index contributed by atoms with van der Waals surface area (Å²) in [6.07, 6.45) is 5.98. The summed E-state index contributed by atoms with van der Waals surface area (Å²) in [7, 11) is 0. The fourth-order valence-electron chi connectivity index (χ4n) is 4.06. The zero-order chi connectivity index (χ0) is 13.4. The quantitative estimate of drug-likeness (QED) is 0.907. The second-order valence-electron chi connectivity index (χ2n) is 5.77. The Morgan fingerprint density at radius 2 is 2.42 bits per heavy atom. The Morgan fingerprint density at radius 3 is 3.05 bits per heavy atom. The van der Waals surface area contributed by atoms with Gasteiger partial charge in [-0.05, 0) is 43.2 Å². The average molecular weight is 263 g/mol. The van der Waals surface area contributed by atoms with Crippen LogP contribution in [0.3, 0.4) is 0 Å². The molecule has 4 unspecified atom stereocenters. The van der Waals surface area contributed by atoms with Gasteiger partial charge in [-0.3, -0.25) is 9.69 Å². The van der Waals surface area contributed by atoms with E-state index in [4.69, 9.17) is 4.42 Å². The molecule has 4 heteroatoms. The molecule has 1 aromatic heterocycles. The van der Waals surface area contributed by atoms with Crippen molar-refractivity contribution >= 4 is 5.97 Å². The molecule has 0 bridgehead atoms. The average Bonchev–Trinajstić information content (AvgIpc) is 3.03. The van der Waals surface area contributed by atoms with Crippen molar-refractivity contribution in [1.29, 1.82) is 0 Å². The highest BCUT2D eigenvalue weighted by Crippen LogP contribution is 2.45. The minimum absolute atomic E-state index is 0.0988. The topological polar surface area (TPSA) is 53.7 Å². The standard InChI is InChI=1S/C15H21NO3/c1-2-12(13-7-4-8-19-13)16-9-10-5-3-6-11(10)14(16)15(17)18/h4,7-8,10-12,14H,2-3,5-6,9H2,1H3,(H,17,18). The first kappa shape index (κ1) is 12.7. The van der Waals surface area contributed by atoms with E-state index >= 15 is 0 Å². The zero-order valence-corrected chi connectivity index (χ0v) is 11.3. The third-order valence-electron chi connectivity index (χ3n) is 4.84. The summed E-state index contributed by atoms with van der Waals surface area (Å²) in [5.41, 5.74) is 0.